The van der Waals surface area contributed by atoms with E-state index in [1.807, 2.05) is 12.1 Å². The summed E-state index contributed by atoms with van der Waals surface area (Å²) in [5, 5.41) is 6.15. The van der Waals surface area contributed by atoms with Gasteiger partial charge in [-0.05, 0) is 60.2 Å². The fraction of sp³-hybridized carbons (Fsp3) is 0.0476. The number of anilines is 1. The van der Waals surface area contributed by atoms with Gasteiger partial charge in [0.05, 0.1) is 0 Å². The van der Waals surface area contributed by atoms with Crippen molar-refractivity contribution in [3.05, 3.63) is 100 Å². The number of halogens is 2. The van der Waals surface area contributed by atoms with Gasteiger partial charge in [-0.1, -0.05) is 29.8 Å². The summed E-state index contributed by atoms with van der Waals surface area (Å²) in [5.74, 6) is -1.05. The molecule has 0 radical (unpaired) electrons. The first-order chi connectivity index (χ1) is 13.0. The average molecular weight is 383 g/mol. The van der Waals surface area contributed by atoms with Crippen LogP contribution in [0.2, 0.25) is 5.02 Å². The number of carbonyl (C=O) groups excluding carboxylic acids is 2. The molecule has 136 valence electrons. The Kier molecular flexibility index (Phi) is 5.84. The SMILES string of the molecule is O=C(NCc1ccc(Cl)cc1)c1cccc(NC(=O)c2ccc(F)cc2)c1. The largest absolute Gasteiger partial charge is 0.348 e. The molecule has 6 heteroatoms. The van der Waals surface area contributed by atoms with E-state index in [1.165, 1.54) is 24.3 Å². The lowest BCUT2D eigenvalue weighted by atomic mass is 10.1. The molecule has 3 aromatic rings. The standard InChI is InChI=1S/C21H16ClFN2O2/c22-17-8-4-14(5-9-17)13-24-20(26)16-2-1-3-19(12-16)25-21(27)15-6-10-18(23)11-7-15/h1-12H,13H2,(H,24,26)(H,25,27). The van der Waals surface area contributed by atoms with Gasteiger partial charge in [0.2, 0.25) is 0 Å². The zero-order chi connectivity index (χ0) is 19.2. The molecule has 2 amide bonds. The highest BCUT2D eigenvalue weighted by molar-refractivity contribution is 6.30. The number of nitrogens with one attached hydrogen (secondary N) is 2. The van der Waals surface area contributed by atoms with Gasteiger partial charge in [-0.3, -0.25) is 9.59 Å². The van der Waals surface area contributed by atoms with Crippen molar-refractivity contribution in [3.63, 3.8) is 0 Å². The molecule has 0 bridgehead atoms. The zero-order valence-corrected chi connectivity index (χ0v) is 15.0. The topological polar surface area (TPSA) is 58.2 Å². The van der Waals surface area contributed by atoms with Gasteiger partial charge in [0.15, 0.2) is 0 Å². The maximum absolute atomic E-state index is 13.0. The molecule has 0 aliphatic carbocycles. The number of rotatable bonds is 5. The Morgan fingerprint density at radius 2 is 1.56 bits per heavy atom. The number of benzene rings is 3. The van der Waals surface area contributed by atoms with Crippen LogP contribution in [-0.2, 0) is 6.54 Å². The Labute approximate surface area is 161 Å². The quantitative estimate of drug-likeness (QED) is 0.674. The maximum Gasteiger partial charge on any atom is 0.255 e. The van der Waals surface area contributed by atoms with Crippen molar-refractivity contribution < 1.29 is 14.0 Å². The molecular weight excluding hydrogens is 367 g/mol. The summed E-state index contributed by atoms with van der Waals surface area (Å²) in [6, 6.07) is 19.0. The molecule has 2 N–H and O–H groups in total. The van der Waals surface area contributed by atoms with E-state index in [-0.39, 0.29) is 11.8 Å². The van der Waals surface area contributed by atoms with Gasteiger partial charge >= 0.3 is 0 Å². The molecule has 0 aliphatic rings. The van der Waals surface area contributed by atoms with Crippen LogP contribution in [0.5, 0.6) is 0 Å². The van der Waals surface area contributed by atoms with Crippen molar-refractivity contribution in [2.45, 2.75) is 6.54 Å². The molecule has 27 heavy (non-hydrogen) atoms. The minimum absolute atomic E-state index is 0.261. The second-order valence-corrected chi connectivity index (χ2v) is 6.29. The van der Waals surface area contributed by atoms with Crippen LogP contribution >= 0.6 is 11.6 Å². The van der Waals surface area contributed by atoms with Crippen molar-refractivity contribution >= 4 is 29.1 Å². The second kappa shape index (κ2) is 8.47. The van der Waals surface area contributed by atoms with E-state index in [4.69, 9.17) is 11.6 Å². The number of hydrogen-bond acceptors (Lipinski definition) is 2. The molecule has 0 spiro atoms. The third kappa shape index (κ3) is 5.15. The summed E-state index contributed by atoms with van der Waals surface area (Å²) < 4.78 is 13.0. The molecule has 4 nitrogen and oxygen atoms in total. The zero-order valence-electron chi connectivity index (χ0n) is 14.2. The smallest absolute Gasteiger partial charge is 0.255 e. The Balaban J connectivity index is 1.63. The van der Waals surface area contributed by atoms with E-state index in [2.05, 4.69) is 10.6 Å². The molecule has 0 aromatic heterocycles. The van der Waals surface area contributed by atoms with E-state index >= 15 is 0 Å². The summed E-state index contributed by atoms with van der Waals surface area (Å²) in [5.41, 5.74) is 2.15. The van der Waals surface area contributed by atoms with Crippen LogP contribution in [0.15, 0.2) is 72.8 Å². The highest BCUT2D eigenvalue weighted by Gasteiger charge is 2.09. The van der Waals surface area contributed by atoms with Crippen LogP contribution in [0.4, 0.5) is 10.1 Å². The average Bonchev–Trinajstić information content (AvgIpc) is 2.68. The van der Waals surface area contributed by atoms with Gasteiger partial charge in [-0.15, -0.1) is 0 Å². The number of hydrogen-bond donors (Lipinski definition) is 2. The van der Waals surface area contributed by atoms with E-state index in [9.17, 15) is 14.0 Å². The molecule has 0 heterocycles. The van der Waals surface area contributed by atoms with Gasteiger partial charge in [0, 0.05) is 28.4 Å². The molecule has 0 atom stereocenters. The lowest BCUT2D eigenvalue weighted by molar-refractivity contribution is 0.0949. The Morgan fingerprint density at radius 1 is 0.852 bits per heavy atom. The van der Waals surface area contributed by atoms with Crippen LogP contribution in [0.25, 0.3) is 0 Å². The molecule has 3 aromatic carbocycles. The Morgan fingerprint density at radius 3 is 2.26 bits per heavy atom. The van der Waals surface area contributed by atoms with Crippen molar-refractivity contribution in [3.8, 4) is 0 Å². The second-order valence-electron chi connectivity index (χ2n) is 5.85. The van der Waals surface area contributed by atoms with E-state index in [0.717, 1.165) is 5.56 Å². The first-order valence-electron chi connectivity index (χ1n) is 8.21. The highest BCUT2D eigenvalue weighted by Crippen LogP contribution is 2.14. The highest BCUT2D eigenvalue weighted by atomic mass is 35.5. The van der Waals surface area contributed by atoms with Crippen molar-refractivity contribution in [1.29, 1.82) is 0 Å². The van der Waals surface area contributed by atoms with Crippen LogP contribution in [0.1, 0.15) is 26.3 Å². The van der Waals surface area contributed by atoms with Crippen LogP contribution < -0.4 is 10.6 Å². The Bertz CT molecular complexity index is 957. The molecular formula is C21H16ClFN2O2. The van der Waals surface area contributed by atoms with Gasteiger partial charge in [-0.2, -0.15) is 0 Å². The van der Waals surface area contributed by atoms with Gasteiger partial charge < -0.3 is 10.6 Å². The van der Waals surface area contributed by atoms with Gasteiger partial charge in [-0.25, -0.2) is 4.39 Å². The normalized spacial score (nSPS) is 10.3. The summed E-state index contributed by atoms with van der Waals surface area (Å²) in [6.45, 7) is 0.363. The molecule has 0 fully saturated rings. The minimum Gasteiger partial charge on any atom is -0.348 e. The van der Waals surface area contributed by atoms with Crippen LogP contribution in [0, 0.1) is 5.82 Å². The fourth-order valence-electron chi connectivity index (χ4n) is 2.43. The molecule has 0 saturated carbocycles. The molecule has 0 aliphatic heterocycles. The monoisotopic (exact) mass is 382 g/mol. The molecule has 0 saturated heterocycles. The summed E-state index contributed by atoms with van der Waals surface area (Å²) in [7, 11) is 0. The maximum atomic E-state index is 13.0. The minimum atomic E-state index is -0.411. The lowest BCUT2D eigenvalue weighted by Crippen LogP contribution is -2.23. The van der Waals surface area contributed by atoms with Gasteiger partial charge in [0.25, 0.3) is 11.8 Å². The fourth-order valence-corrected chi connectivity index (χ4v) is 2.56. The first kappa shape index (κ1) is 18.6. The van der Waals surface area contributed by atoms with Crippen LogP contribution in [-0.4, -0.2) is 11.8 Å². The number of carbonyl (C=O) groups is 2. The number of amides is 2. The lowest BCUT2D eigenvalue weighted by Gasteiger charge is -2.09. The summed E-state index contributed by atoms with van der Waals surface area (Å²) in [6.07, 6.45) is 0. The van der Waals surface area contributed by atoms with Gasteiger partial charge in [0.1, 0.15) is 5.82 Å². The predicted octanol–water partition coefficient (Wildman–Crippen LogP) is 4.66. The third-order valence-electron chi connectivity index (χ3n) is 3.86. The summed E-state index contributed by atoms with van der Waals surface area (Å²) in [4.78, 5) is 24.5. The van der Waals surface area contributed by atoms with Crippen molar-refractivity contribution in [2.24, 2.45) is 0 Å². The Hall–Kier alpha value is -3.18. The summed E-state index contributed by atoms with van der Waals surface area (Å²) >= 11 is 5.84. The third-order valence-corrected chi connectivity index (χ3v) is 4.11. The molecule has 3 rings (SSSR count). The first-order valence-corrected chi connectivity index (χ1v) is 8.59. The van der Waals surface area contributed by atoms with E-state index in [0.29, 0.717) is 28.4 Å². The van der Waals surface area contributed by atoms with Crippen LogP contribution in [0.3, 0.4) is 0 Å². The predicted molar refractivity (Wildman–Crippen MR) is 103 cm³/mol. The molecule has 0 unspecified atom stereocenters. The van der Waals surface area contributed by atoms with E-state index in [1.54, 1.807) is 36.4 Å². The van der Waals surface area contributed by atoms with Crippen molar-refractivity contribution in [2.75, 3.05) is 5.32 Å². The van der Waals surface area contributed by atoms with Crippen molar-refractivity contribution in [1.82, 2.24) is 5.32 Å². The van der Waals surface area contributed by atoms with E-state index < -0.39 is 5.82 Å².